The normalized spacial score (nSPS) is 15.3. The zero-order chi connectivity index (χ0) is 19.6. The molecule has 0 bridgehead atoms. The van der Waals surface area contributed by atoms with Crippen molar-refractivity contribution in [2.24, 2.45) is 4.99 Å². The zero-order valence-electron chi connectivity index (χ0n) is 15.9. The fourth-order valence-corrected chi connectivity index (χ4v) is 3.24. The number of carbonyl (C=O) groups excluding carboxylic acids is 1. The Kier molecular flexibility index (Phi) is 5.23. The number of fused-ring (bicyclic) bond motifs is 3. The summed E-state index contributed by atoms with van der Waals surface area (Å²) < 4.78 is 10.2. The minimum absolute atomic E-state index is 0.0344. The maximum atomic E-state index is 12.0. The van der Waals surface area contributed by atoms with Crippen LogP contribution < -0.4 is 5.32 Å². The molecule has 0 heterocycles. The third kappa shape index (κ3) is 4.14. The third-order valence-electron chi connectivity index (χ3n) is 4.26. The molecule has 2 aromatic carbocycles. The van der Waals surface area contributed by atoms with E-state index in [1.54, 1.807) is 8.05 Å². The fraction of sp³-hybridized carbons (Fsp3) is 0.300. The van der Waals surface area contributed by atoms with Crippen molar-refractivity contribution in [1.29, 1.82) is 0 Å². The van der Waals surface area contributed by atoms with Crippen LogP contribution in [0.5, 0.6) is 0 Å². The van der Waals surface area contributed by atoms with E-state index in [9.17, 15) is 9.90 Å². The Morgan fingerprint density at radius 1 is 1.22 bits per heavy atom. The van der Waals surface area contributed by atoms with Gasteiger partial charge in [0.1, 0.15) is 5.60 Å². The van der Waals surface area contributed by atoms with Crippen molar-refractivity contribution in [3.05, 3.63) is 47.5 Å². The number of hydrogen-bond donors (Lipinski definition) is 2. The van der Waals surface area contributed by atoms with E-state index in [0.29, 0.717) is 5.69 Å². The summed E-state index contributed by atoms with van der Waals surface area (Å²) in [7, 11) is 1.54. The van der Waals surface area contributed by atoms with Gasteiger partial charge in [-0.2, -0.15) is 0 Å². The number of ether oxygens (including phenoxy) is 1. The topological polar surface area (TPSA) is 80.2 Å². The van der Waals surface area contributed by atoms with Gasteiger partial charge in [0.25, 0.3) is 0 Å². The molecule has 1 atom stereocenters. The molecule has 1 aliphatic rings. The Morgan fingerprint density at radius 3 is 2.52 bits per heavy atom. The van der Waals surface area contributed by atoms with Gasteiger partial charge in [-0.15, -0.1) is 0 Å². The standard InChI is InChI=1S/C20H23BN2O4/c1-20(2,3)27-19(25)23-13-5-7-15-14-6-4-12(22-11-26-21)8-16(14)18(10-24)17(15)9-13/h4-9,11,18,24H,10,21H2,1-3H3,(H,23,25). The van der Waals surface area contributed by atoms with Gasteiger partial charge in [-0.3, -0.25) is 5.32 Å². The second kappa shape index (κ2) is 7.44. The SMILES string of the molecule is BOC=Nc1ccc2c(c1)C(CO)c1cc(NC(=O)OC(C)(C)C)ccc1-2. The largest absolute Gasteiger partial charge is 0.560 e. The van der Waals surface area contributed by atoms with E-state index >= 15 is 0 Å². The molecule has 140 valence electrons. The number of amides is 1. The first-order chi connectivity index (χ1) is 12.8. The van der Waals surface area contributed by atoms with Crippen LogP contribution in [-0.2, 0) is 9.39 Å². The summed E-state index contributed by atoms with van der Waals surface area (Å²) in [6.45, 7) is 5.42. The molecule has 0 aliphatic heterocycles. The molecule has 1 amide bonds. The molecule has 2 aromatic rings. The van der Waals surface area contributed by atoms with E-state index in [4.69, 9.17) is 9.39 Å². The van der Waals surface area contributed by atoms with Crippen molar-refractivity contribution < 1.29 is 19.3 Å². The van der Waals surface area contributed by atoms with E-state index in [2.05, 4.69) is 10.3 Å². The molecule has 3 rings (SSSR count). The molecule has 0 radical (unpaired) electrons. The number of carbonyl (C=O) groups is 1. The molecule has 7 heteroatoms. The molecule has 27 heavy (non-hydrogen) atoms. The van der Waals surface area contributed by atoms with Crippen LogP contribution in [0.25, 0.3) is 11.1 Å². The third-order valence-corrected chi connectivity index (χ3v) is 4.26. The second-order valence-corrected chi connectivity index (χ2v) is 7.41. The van der Waals surface area contributed by atoms with Crippen molar-refractivity contribution in [3.63, 3.8) is 0 Å². The zero-order valence-corrected chi connectivity index (χ0v) is 15.9. The Morgan fingerprint density at radius 2 is 1.89 bits per heavy atom. The van der Waals surface area contributed by atoms with Gasteiger partial charge in [0.05, 0.1) is 12.3 Å². The highest BCUT2D eigenvalue weighted by molar-refractivity contribution is 6.02. The molecule has 0 fully saturated rings. The first kappa shape index (κ1) is 19.0. The van der Waals surface area contributed by atoms with Crippen LogP contribution >= 0.6 is 0 Å². The smallest absolute Gasteiger partial charge is 0.412 e. The van der Waals surface area contributed by atoms with Crippen molar-refractivity contribution in [3.8, 4) is 11.1 Å². The predicted octanol–water partition coefficient (Wildman–Crippen LogP) is 3.36. The number of aliphatic imine (C=N–C) groups is 1. The predicted molar refractivity (Wildman–Crippen MR) is 108 cm³/mol. The minimum Gasteiger partial charge on any atom is -0.560 e. The number of nitrogens with one attached hydrogen (secondary N) is 1. The van der Waals surface area contributed by atoms with E-state index in [1.807, 2.05) is 57.2 Å². The van der Waals surface area contributed by atoms with E-state index in [-0.39, 0.29) is 12.5 Å². The highest BCUT2D eigenvalue weighted by Crippen LogP contribution is 2.46. The van der Waals surface area contributed by atoms with Gasteiger partial charge in [0.2, 0.25) is 0 Å². The molecule has 1 unspecified atom stereocenters. The summed E-state index contributed by atoms with van der Waals surface area (Å²) in [6, 6.07) is 11.5. The van der Waals surface area contributed by atoms with Gasteiger partial charge in [-0.1, -0.05) is 12.1 Å². The summed E-state index contributed by atoms with van der Waals surface area (Å²) in [6.07, 6.45) is 0.871. The number of anilines is 1. The first-order valence-corrected chi connectivity index (χ1v) is 8.77. The lowest BCUT2D eigenvalue weighted by Gasteiger charge is -2.20. The van der Waals surface area contributed by atoms with Crippen LogP contribution in [-0.4, -0.2) is 37.9 Å². The lowest BCUT2D eigenvalue weighted by atomic mass is 9.97. The first-order valence-electron chi connectivity index (χ1n) is 8.77. The Balaban J connectivity index is 1.90. The molecule has 0 aromatic heterocycles. The van der Waals surface area contributed by atoms with Crippen LogP contribution in [0.1, 0.15) is 37.8 Å². The summed E-state index contributed by atoms with van der Waals surface area (Å²) in [5.41, 5.74) is 4.90. The monoisotopic (exact) mass is 366 g/mol. The number of benzene rings is 2. The lowest BCUT2D eigenvalue weighted by Crippen LogP contribution is -2.27. The van der Waals surface area contributed by atoms with Gasteiger partial charge >= 0.3 is 14.1 Å². The number of rotatable bonds is 4. The Hall–Kier alpha value is -2.80. The van der Waals surface area contributed by atoms with Crippen molar-refractivity contribution >= 4 is 31.9 Å². The molecular weight excluding hydrogens is 343 g/mol. The van der Waals surface area contributed by atoms with Crippen LogP contribution in [0.4, 0.5) is 16.2 Å². The summed E-state index contributed by atoms with van der Waals surface area (Å²) in [5, 5.41) is 12.7. The summed E-state index contributed by atoms with van der Waals surface area (Å²) in [5.74, 6) is -0.173. The molecule has 0 saturated carbocycles. The van der Waals surface area contributed by atoms with Gasteiger partial charge in [0, 0.05) is 11.6 Å². The minimum atomic E-state index is -0.566. The maximum absolute atomic E-state index is 12.0. The van der Waals surface area contributed by atoms with Crippen LogP contribution in [0.3, 0.4) is 0 Å². The fourth-order valence-electron chi connectivity index (χ4n) is 3.24. The van der Waals surface area contributed by atoms with E-state index in [1.165, 1.54) is 6.40 Å². The molecule has 0 saturated heterocycles. The number of aliphatic hydroxyl groups is 1. The van der Waals surface area contributed by atoms with Crippen molar-refractivity contribution in [2.75, 3.05) is 11.9 Å². The van der Waals surface area contributed by atoms with Crippen LogP contribution in [0.15, 0.2) is 41.4 Å². The quantitative estimate of drug-likeness (QED) is 0.494. The lowest BCUT2D eigenvalue weighted by molar-refractivity contribution is 0.0636. The average molecular weight is 366 g/mol. The molecular formula is C20H23BN2O4. The van der Waals surface area contributed by atoms with Gasteiger partial charge in [0.15, 0.2) is 6.40 Å². The molecule has 1 aliphatic carbocycles. The molecule has 0 spiro atoms. The van der Waals surface area contributed by atoms with Gasteiger partial charge < -0.3 is 14.5 Å². The summed E-state index contributed by atoms with van der Waals surface area (Å²) in [4.78, 5) is 16.3. The van der Waals surface area contributed by atoms with Gasteiger partial charge in [-0.05, 0) is 67.3 Å². The van der Waals surface area contributed by atoms with Crippen molar-refractivity contribution in [2.45, 2.75) is 32.3 Å². The Bertz CT molecular complexity index is 890. The van der Waals surface area contributed by atoms with Gasteiger partial charge in [-0.25, -0.2) is 9.79 Å². The van der Waals surface area contributed by atoms with E-state index < -0.39 is 11.7 Å². The van der Waals surface area contributed by atoms with E-state index in [0.717, 1.165) is 27.9 Å². The number of hydrogen-bond acceptors (Lipinski definition) is 5. The second-order valence-electron chi connectivity index (χ2n) is 7.41. The highest BCUT2D eigenvalue weighted by Gasteiger charge is 2.29. The highest BCUT2D eigenvalue weighted by atomic mass is 16.6. The van der Waals surface area contributed by atoms with Crippen LogP contribution in [0, 0.1) is 0 Å². The Labute approximate surface area is 159 Å². The van der Waals surface area contributed by atoms with Crippen LogP contribution in [0.2, 0.25) is 0 Å². The van der Waals surface area contributed by atoms with Crippen molar-refractivity contribution in [1.82, 2.24) is 0 Å². The summed E-state index contributed by atoms with van der Waals surface area (Å²) >= 11 is 0. The average Bonchev–Trinajstić information content (AvgIpc) is 2.90. The molecule has 2 N–H and O–H groups in total. The number of aliphatic hydroxyl groups excluding tert-OH is 1. The molecule has 6 nitrogen and oxygen atoms in total. The maximum Gasteiger partial charge on any atom is 0.412 e. The number of nitrogens with zero attached hydrogens (tertiary/aromatic N) is 1.